The summed E-state index contributed by atoms with van der Waals surface area (Å²) in [6.45, 7) is 0.647. The van der Waals surface area contributed by atoms with Crippen molar-refractivity contribution in [3.63, 3.8) is 0 Å². The average molecular weight is 290 g/mol. The predicted octanol–water partition coefficient (Wildman–Crippen LogP) is 4.12. The molecule has 0 fully saturated rings. The molecule has 0 aliphatic heterocycles. The molecule has 1 N–H and O–H groups in total. The van der Waals surface area contributed by atoms with Crippen LogP contribution in [-0.2, 0) is 4.74 Å². The number of unbranched alkanes of at least 4 members (excludes halogenated alkanes) is 6. The number of carbonyl (C=O) groups is 1. The molecule has 0 saturated heterocycles. The van der Waals surface area contributed by atoms with Crippen LogP contribution in [0.3, 0.4) is 0 Å². The number of hydrogen-bond donors (Lipinski definition) is 1. The van der Waals surface area contributed by atoms with Gasteiger partial charge in [0.1, 0.15) is 6.61 Å². The summed E-state index contributed by atoms with van der Waals surface area (Å²) in [5, 5.41) is 8.66. The molecule has 0 saturated carbocycles. The lowest BCUT2D eigenvalue weighted by Gasteiger charge is -2.01. The number of allylic oxidation sites excluding steroid dienone is 1. The highest BCUT2D eigenvalue weighted by Crippen LogP contribution is 2.07. The monoisotopic (exact) mass is 290 g/mol. The van der Waals surface area contributed by atoms with Gasteiger partial charge in [-0.1, -0.05) is 56.0 Å². The Morgan fingerprint density at radius 1 is 0.952 bits per heavy atom. The fourth-order valence-corrected chi connectivity index (χ4v) is 2.05. The van der Waals surface area contributed by atoms with Crippen LogP contribution in [0.4, 0.5) is 0 Å². The van der Waals surface area contributed by atoms with Crippen molar-refractivity contribution in [1.29, 1.82) is 0 Å². The van der Waals surface area contributed by atoms with Gasteiger partial charge in [-0.2, -0.15) is 0 Å². The number of carbonyl (C=O) groups excluding carboxylic acids is 1. The molecule has 21 heavy (non-hydrogen) atoms. The Morgan fingerprint density at radius 2 is 1.62 bits per heavy atom. The second-order valence-electron chi connectivity index (χ2n) is 5.07. The van der Waals surface area contributed by atoms with E-state index in [-0.39, 0.29) is 5.97 Å². The third-order valence-electron chi connectivity index (χ3n) is 3.27. The van der Waals surface area contributed by atoms with Crippen LogP contribution >= 0.6 is 0 Å². The van der Waals surface area contributed by atoms with Crippen molar-refractivity contribution < 1.29 is 14.6 Å². The molecule has 0 spiro atoms. The molecule has 0 bridgehead atoms. The van der Waals surface area contributed by atoms with Crippen LogP contribution < -0.4 is 0 Å². The van der Waals surface area contributed by atoms with E-state index in [1.807, 2.05) is 24.3 Å². The summed E-state index contributed by atoms with van der Waals surface area (Å²) in [5.74, 6) is -0.274. The lowest BCUT2D eigenvalue weighted by Crippen LogP contribution is -2.04. The molecule has 3 nitrogen and oxygen atoms in total. The maximum Gasteiger partial charge on any atom is 0.338 e. The maximum absolute atomic E-state index is 11.6. The summed E-state index contributed by atoms with van der Waals surface area (Å²) in [7, 11) is 0. The van der Waals surface area contributed by atoms with Crippen molar-refractivity contribution in [1.82, 2.24) is 0 Å². The summed E-state index contributed by atoms with van der Waals surface area (Å²) in [6, 6.07) is 9.03. The third kappa shape index (κ3) is 9.03. The summed E-state index contributed by atoms with van der Waals surface area (Å²) < 4.78 is 5.15. The third-order valence-corrected chi connectivity index (χ3v) is 3.27. The van der Waals surface area contributed by atoms with Gasteiger partial charge in [-0.3, -0.25) is 0 Å². The first-order valence-corrected chi connectivity index (χ1v) is 7.82. The fraction of sp³-hybridized carbons (Fsp3) is 0.500. The second-order valence-corrected chi connectivity index (χ2v) is 5.07. The van der Waals surface area contributed by atoms with Crippen molar-refractivity contribution in [2.75, 3.05) is 13.2 Å². The van der Waals surface area contributed by atoms with Crippen molar-refractivity contribution in [2.24, 2.45) is 0 Å². The van der Waals surface area contributed by atoms with Gasteiger partial charge in [0.15, 0.2) is 0 Å². The average Bonchev–Trinajstić information content (AvgIpc) is 2.53. The van der Waals surface area contributed by atoms with E-state index in [9.17, 15) is 4.79 Å². The Morgan fingerprint density at radius 3 is 2.33 bits per heavy atom. The first-order valence-electron chi connectivity index (χ1n) is 7.82. The van der Waals surface area contributed by atoms with Crippen LogP contribution in [0.1, 0.15) is 55.3 Å². The normalized spacial score (nSPS) is 10.9. The molecule has 0 heterocycles. The van der Waals surface area contributed by atoms with E-state index >= 15 is 0 Å². The number of hydrogen-bond acceptors (Lipinski definition) is 3. The molecule has 0 amide bonds. The Bertz CT molecular complexity index is 398. The van der Waals surface area contributed by atoms with Gasteiger partial charge in [0, 0.05) is 6.61 Å². The minimum atomic E-state index is -0.274. The number of aliphatic hydroxyl groups is 1. The van der Waals surface area contributed by atoms with Crippen molar-refractivity contribution in [3.05, 3.63) is 48.0 Å². The molecule has 1 aromatic carbocycles. The SMILES string of the molecule is O=C(OC/C=C/CCCCCCCCO)c1ccccc1. The van der Waals surface area contributed by atoms with Crippen LogP contribution in [0.2, 0.25) is 0 Å². The molecule has 1 rings (SSSR count). The molecule has 0 radical (unpaired) electrons. The van der Waals surface area contributed by atoms with Gasteiger partial charge in [-0.25, -0.2) is 4.79 Å². The lowest BCUT2D eigenvalue weighted by molar-refractivity contribution is 0.0549. The van der Waals surface area contributed by atoms with Crippen LogP contribution in [0.15, 0.2) is 42.5 Å². The molecular weight excluding hydrogens is 264 g/mol. The number of ether oxygens (including phenoxy) is 1. The van der Waals surface area contributed by atoms with Crippen molar-refractivity contribution in [3.8, 4) is 0 Å². The minimum absolute atomic E-state index is 0.274. The molecule has 0 unspecified atom stereocenters. The number of aliphatic hydroxyl groups excluding tert-OH is 1. The van der Waals surface area contributed by atoms with Crippen molar-refractivity contribution in [2.45, 2.75) is 44.9 Å². The van der Waals surface area contributed by atoms with Gasteiger partial charge in [-0.05, 0) is 31.4 Å². The molecule has 3 heteroatoms. The number of esters is 1. The highest BCUT2D eigenvalue weighted by atomic mass is 16.5. The van der Waals surface area contributed by atoms with E-state index in [0.717, 1.165) is 19.3 Å². The highest BCUT2D eigenvalue weighted by molar-refractivity contribution is 5.89. The summed E-state index contributed by atoms with van der Waals surface area (Å²) in [4.78, 5) is 11.6. The van der Waals surface area contributed by atoms with Crippen LogP contribution in [0.5, 0.6) is 0 Å². The zero-order chi connectivity index (χ0) is 15.2. The molecule has 116 valence electrons. The largest absolute Gasteiger partial charge is 0.458 e. The van der Waals surface area contributed by atoms with Crippen LogP contribution in [0.25, 0.3) is 0 Å². The molecule has 1 aromatic rings. The van der Waals surface area contributed by atoms with E-state index in [2.05, 4.69) is 6.08 Å². The molecule has 0 aliphatic rings. The van der Waals surface area contributed by atoms with Gasteiger partial charge < -0.3 is 9.84 Å². The fourth-order valence-electron chi connectivity index (χ4n) is 2.05. The summed E-state index contributed by atoms with van der Waals surface area (Å²) >= 11 is 0. The zero-order valence-electron chi connectivity index (χ0n) is 12.7. The van der Waals surface area contributed by atoms with Gasteiger partial charge in [-0.15, -0.1) is 0 Å². The van der Waals surface area contributed by atoms with Gasteiger partial charge in [0.2, 0.25) is 0 Å². The second kappa shape index (κ2) is 12.2. The Labute approximate surface area is 127 Å². The van der Waals surface area contributed by atoms with E-state index in [4.69, 9.17) is 9.84 Å². The smallest absolute Gasteiger partial charge is 0.338 e. The van der Waals surface area contributed by atoms with Crippen molar-refractivity contribution >= 4 is 5.97 Å². The summed E-state index contributed by atoms with van der Waals surface area (Å²) in [6.07, 6.45) is 11.9. The number of rotatable bonds is 11. The highest BCUT2D eigenvalue weighted by Gasteiger charge is 2.03. The quantitative estimate of drug-likeness (QED) is 0.379. The molecule has 0 atom stereocenters. The standard InChI is InChI=1S/C18H26O3/c19-15-11-6-4-2-1-3-5-7-12-16-21-18(20)17-13-9-8-10-14-17/h7-10,12-14,19H,1-6,11,15-16H2/b12-7+. The topological polar surface area (TPSA) is 46.5 Å². The van der Waals surface area contributed by atoms with Crippen LogP contribution in [-0.4, -0.2) is 24.3 Å². The van der Waals surface area contributed by atoms with E-state index in [1.165, 1.54) is 25.7 Å². The molecular formula is C18H26O3. The lowest BCUT2D eigenvalue weighted by atomic mass is 10.1. The van der Waals surface area contributed by atoms with Gasteiger partial charge in [0.25, 0.3) is 0 Å². The minimum Gasteiger partial charge on any atom is -0.458 e. The molecule has 0 aromatic heterocycles. The van der Waals surface area contributed by atoms with Gasteiger partial charge in [0.05, 0.1) is 5.56 Å². The summed E-state index contributed by atoms with van der Waals surface area (Å²) in [5.41, 5.74) is 0.591. The van der Waals surface area contributed by atoms with Gasteiger partial charge >= 0.3 is 5.97 Å². The van der Waals surface area contributed by atoms with E-state index in [1.54, 1.807) is 12.1 Å². The predicted molar refractivity (Wildman–Crippen MR) is 85.3 cm³/mol. The van der Waals surface area contributed by atoms with Crippen LogP contribution in [0, 0.1) is 0 Å². The molecule has 0 aliphatic carbocycles. The van der Waals surface area contributed by atoms with E-state index in [0.29, 0.717) is 18.8 Å². The maximum atomic E-state index is 11.6. The zero-order valence-corrected chi connectivity index (χ0v) is 12.7. The Balaban J connectivity index is 1.97. The first kappa shape index (κ1) is 17.4. The Hall–Kier alpha value is -1.61. The Kier molecular flexibility index (Phi) is 10.1. The first-order chi connectivity index (χ1) is 10.3. The number of benzene rings is 1. The van der Waals surface area contributed by atoms with E-state index < -0.39 is 0 Å².